The molecule has 1 fully saturated rings. The first-order chi connectivity index (χ1) is 17.0. The Kier molecular flexibility index (Phi) is 8.66. The third-order valence-corrected chi connectivity index (χ3v) is 6.42. The fourth-order valence-electron chi connectivity index (χ4n) is 4.33. The van der Waals surface area contributed by atoms with Gasteiger partial charge >= 0.3 is 5.97 Å². The fourth-order valence-corrected chi connectivity index (χ4v) is 4.33. The van der Waals surface area contributed by atoms with Crippen LogP contribution in [0.1, 0.15) is 32.3 Å². The zero-order valence-electron chi connectivity index (χ0n) is 20.2. The van der Waals surface area contributed by atoms with Crippen molar-refractivity contribution >= 4 is 34.6 Å². The lowest BCUT2D eigenvalue weighted by atomic mass is 10.0. The van der Waals surface area contributed by atoms with Gasteiger partial charge in [0.2, 0.25) is 17.7 Å². The van der Waals surface area contributed by atoms with Gasteiger partial charge in [0.25, 0.3) is 0 Å². The van der Waals surface area contributed by atoms with E-state index in [0.717, 1.165) is 15.8 Å². The highest BCUT2D eigenvalue weighted by Gasteiger charge is 2.40. The Bertz CT molecular complexity index is 1120. The van der Waals surface area contributed by atoms with Crippen LogP contribution in [-0.2, 0) is 25.6 Å². The number of aromatic nitrogens is 1. The van der Waals surface area contributed by atoms with Crippen molar-refractivity contribution in [2.24, 2.45) is 5.73 Å². The molecule has 3 amide bonds. The van der Waals surface area contributed by atoms with Crippen LogP contribution in [0.3, 0.4) is 0 Å². The Morgan fingerprint density at radius 3 is 2.44 bits per heavy atom. The number of nitrogens with zero attached hydrogens (tertiary/aromatic N) is 1. The second-order valence-corrected chi connectivity index (χ2v) is 9.15. The maximum Gasteiger partial charge on any atom is 0.326 e. The number of carboxylic acid groups (broad SMARTS) is 1. The molecule has 8 N–H and O–H groups in total. The molecule has 36 heavy (non-hydrogen) atoms. The Hall–Kier alpha value is -3.48. The zero-order valence-corrected chi connectivity index (χ0v) is 20.2. The Morgan fingerprint density at radius 1 is 1.11 bits per heavy atom. The van der Waals surface area contributed by atoms with Crippen molar-refractivity contribution in [3.05, 3.63) is 36.0 Å². The molecule has 0 saturated carbocycles. The maximum atomic E-state index is 13.3. The average Bonchev–Trinajstić information content (AvgIpc) is 3.48. The Morgan fingerprint density at radius 2 is 1.81 bits per heavy atom. The summed E-state index contributed by atoms with van der Waals surface area (Å²) < 4.78 is 0. The summed E-state index contributed by atoms with van der Waals surface area (Å²) in [6.45, 7) is 2.84. The highest BCUT2D eigenvalue weighted by molar-refractivity contribution is 5.95. The molecule has 12 heteroatoms. The number of aliphatic carboxylic acids is 1. The van der Waals surface area contributed by atoms with Gasteiger partial charge in [-0.05, 0) is 38.3 Å². The summed E-state index contributed by atoms with van der Waals surface area (Å²) >= 11 is 0. The molecule has 1 aliphatic rings. The Balaban J connectivity index is 1.85. The summed E-state index contributed by atoms with van der Waals surface area (Å²) in [6, 6.07) is 2.41. The van der Waals surface area contributed by atoms with Crippen molar-refractivity contribution in [2.75, 3.05) is 6.54 Å². The van der Waals surface area contributed by atoms with Gasteiger partial charge in [-0.15, -0.1) is 0 Å². The smallest absolute Gasteiger partial charge is 0.326 e. The number of benzene rings is 1. The van der Waals surface area contributed by atoms with Crippen LogP contribution < -0.4 is 16.4 Å². The number of rotatable bonds is 10. The number of carbonyl (C=O) groups excluding carboxylic acids is 3. The maximum absolute atomic E-state index is 13.3. The number of hydrogen-bond donors (Lipinski definition) is 7. The molecule has 1 saturated heterocycles. The summed E-state index contributed by atoms with van der Waals surface area (Å²) in [5.41, 5.74) is 7.27. The molecule has 1 aromatic carbocycles. The predicted molar refractivity (Wildman–Crippen MR) is 130 cm³/mol. The summed E-state index contributed by atoms with van der Waals surface area (Å²) in [7, 11) is 0. The first-order valence-corrected chi connectivity index (χ1v) is 11.8. The molecular weight excluding hydrogens is 470 g/mol. The van der Waals surface area contributed by atoms with E-state index in [4.69, 9.17) is 5.73 Å². The van der Waals surface area contributed by atoms with Crippen molar-refractivity contribution < 1.29 is 34.5 Å². The van der Waals surface area contributed by atoms with Gasteiger partial charge in [0.1, 0.15) is 24.2 Å². The number of aliphatic hydroxyl groups excluding tert-OH is 2. The lowest BCUT2D eigenvalue weighted by molar-refractivity contribution is -0.150. The van der Waals surface area contributed by atoms with Crippen LogP contribution in [0.15, 0.2) is 30.5 Å². The van der Waals surface area contributed by atoms with E-state index in [1.54, 1.807) is 6.20 Å². The lowest BCUT2D eigenvalue weighted by Gasteiger charge is -2.30. The molecule has 1 aliphatic heterocycles. The molecule has 2 aromatic rings. The highest BCUT2D eigenvalue weighted by atomic mass is 16.4. The van der Waals surface area contributed by atoms with Crippen LogP contribution in [0.4, 0.5) is 0 Å². The number of amides is 3. The van der Waals surface area contributed by atoms with E-state index in [-0.39, 0.29) is 19.4 Å². The standard InChI is InChI=1S/C24H33N5O7/c1-12(30)19(25)22(33)27-17(10-14-11-26-16-7-4-3-6-15(14)16)21(32)28-20(13(2)31)23(34)29-9-5-8-18(29)24(35)36/h3-4,6-7,11-13,17-20,26,30-31H,5,8-10,25H2,1-2H3,(H,27,33)(H,28,32)(H,35,36). The number of para-hydroxylation sites is 1. The van der Waals surface area contributed by atoms with E-state index < -0.39 is 60.1 Å². The van der Waals surface area contributed by atoms with E-state index in [2.05, 4.69) is 15.6 Å². The molecule has 0 spiro atoms. The molecule has 0 bridgehead atoms. The van der Waals surface area contributed by atoms with Crippen LogP contribution in [0.2, 0.25) is 0 Å². The summed E-state index contributed by atoms with van der Waals surface area (Å²) in [6.07, 6.45) is -0.0176. The van der Waals surface area contributed by atoms with Crippen LogP contribution in [0.5, 0.6) is 0 Å². The number of carboxylic acids is 1. The van der Waals surface area contributed by atoms with Crippen LogP contribution in [-0.4, -0.2) is 91.8 Å². The van der Waals surface area contributed by atoms with Gasteiger partial charge in [0.05, 0.1) is 12.2 Å². The Labute approximate surface area is 207 Å². The van der Waals surface area contributed by atoms with Crippen molar-refractivity contribution in [2.45, 2.75) is 69.5 Å². The van der Waals surface area contributed by atoms with Crippen molar-refractivity contribution in [1.29, 1.82) is 0 Å². The lowest BCUT2D eigenvalue weighted by Crippen LogP contribution is -2.60. The molecule has 2 heterocycles. The minimum atomic E-state index is -1.43. The summed E-state index contributed by atoms with van der Waals surface area (Å²) in [4.78, 5) is 54.8. The van der Waals surface area contributed by atoms with Gasteiger partial charge < -0.3 is 41.6 Å². The number of carbonyl (C=O) groups is 4. The number of nitrogens with one attached hydrogen (secondary N) is 3. The number of hydrogen-bond acceptors (Lipinski definition) is 7. The molecule has 0 radical (unpaired) electrons. The zero-order chi connectivity index (χ0) is 26.6. The van der Waals surface area contributed by atoms with Gasteiger partial charge in [0, 0.05) is 30.1 Å². The minimum Gasteiger partial charge on any atom is -0.480 e. The quantitative estimate of drug-likeness (QED) is 0.211. The normalized spacial score (nSPS) is 19.8. The van der Waals surface area contributed by atoms with Crippen molar-refractivity contribution in [3.8, 4) is 0 Å². The summed E-state index contributed by atoms with van der Waals surface area (Å²) in [5.74, 6) is -3.42. The average molecular weight is 504 g/mol. The van der Waals surface area contributed by atoms with E-state index in [1.165, 1.54) is 13.8 Å². The third kappa shape index (κ3) is 6.01. The van der Waals surface area contributed by atoms with Crippen LogP contribution in [0, 0.1) is 0 Å². The van der Waals surface area contributed by atoms with Gasteiger partial charge in [-0.1, -0.05) is 18.2 Å². The van der Waals surface area contributed by atoms with Crippen molar-refractivity contribution in [3.63, 3.8) is 0 Å². The second kappa shape index (κ2) is 11.5. The van der Waals surface area contributed by atoms with Crippen molar-refractivity contribution in [1.82, 2.24) is 20.5 Å². The number of aromatic amines is 1. The first kappa shape index (κ1) is 27.1. The number of H-pyrrole nitrogens is 1. The van der Waals surface area contributed by atoms with E-state index in [9.17, 15) is 34.5 Å². The first-order valence-electron chi connectivity index (χ1n) is 11.8. The molecule has 12 nitrogen and oxygen atoms in total. The SMILES string of the molecule is CC(O)C(N)C(=O)NC(Cc1c[nH]c2ccccc12)C(=O)NC(C(=O)N1CCCC1C(=O)O)C(C)O. The predicted octanol–water partition coefficient (Wildman–Crippen LogP) is -1.16. The third-order valence-electron chi connectivity index (χ3n) is 6.42. The van der Waals surface area contributed by atoms with Gasteiger partial charge in [-0.3, -0.25) is 14.4 Å². The van der Waals surface area contributed by atoms with Crippen LogP contribution >= 0.6 is 0 Å². The molecule has 6 atom stereocenters. The van der Waals surface area contributed by atoms with Gasteiger partial charge in [-0.2, -0.15) is 0 Å². The highest BCUT2D eigenvalue weighted by Crippen LogP contribution is 2.21. The molecule has 0 aliphatic carbocycles. The van der Waals surface area contributed by atoms with Crippen LogP contribution in [0.25, 0.3) is 10.9 Å². The molecule has 3 rings (SSSR count). The fraction of sp³-hybridized carbons (Fsp3) is 0.500. The number of likely N-dealkylation sites (tertiary alicyclic amines) is 1. The van der Waals surface area contributed by atoms with E-state index in [0.29, 0.717) is 12.0 Å². The molecule has 1 aromatic heterocycles. The molecule has 6 unspecified atom stereocenters. The molecular formula is C24H33N5O7. The summed E-state index contributed by atoms with van der Waals surface area (Å²) in [5, 5.41) is 35.3. The van der Waals surface area contributed by atoms with E-state index in [1.807, 2.05) is 24.3 Å². The number of nitrogens with two attached hydrogens (primary N) is 1. The second-order valence-electron chi connectivity index (χ2n) is 9.15. The number of aliphatic hydroxyl groups is 2. The van der Waals surface area contributed by atoms with E-state index >= 15 is 0 Å². The monoisotopic (exact) mass is 503 g/mol. The molecule has 196 valence electrons. The van der Waals surface area contributed by atoms with Gasteiger partial charge in [0.15, 0.2) is 0 Å². The topological polar surface area (TPSA) is 198 Å². The minimum absolute atomic E-state index is 0.0241. The largest absolute Gasteiger partial charge is 0.480 e. The van der Waals surface area contributed by atoms with Gasteiger partial charge in [-0.25, -0.2) is 4.79 Å². The number of fused-ring (bicyclic) bond motifs is 1.